The predicted molar refractivity (Wildman–Crippen MR) is 177 cm³/mol. The number of carbonyl (C=O) groups excluding carboxylic acids is 3. The third kappa shape index (κ3) is 13.0. The number of aromatic nitrogens is 2. The summed E-state index contributed by atoms with van der Waals surface area (Å²) in [6.45, 7) is 5.49. The highest BCUT2D eigenvalue weighted by Gasteiger charge is 2.17. The van der Waals surface area contributed by atoms with Crippen molar-refractivity contribution in [1.82, 2.24) is 15.3 Å². The molecule has 8 N–H and O–H groups in total. The highest BCUT2D eigenvalue weighted by molar-refractivity contribution is 6.00. The maximum absolute atomic E-state index is 15.1. The molecule has 0 unspecified atom stereocenters. The quantitative estimate of drug-likeness (QED) is 0.0716. The number of halogens is 1. The summed E-state index contributed by atoms with van der Waals surface area (Å²) in [5.41, 5.74) is 18.8. The van der Waals surface area contributed by atoms with E-state index in [9.17, 15) is 14.4 Å². The summed E-state index contributed by atoms with van der Waals surface area (Å²) in [5.74, 6) is -1.36. The third-order valence-corrected chi connectivity index (χ3v) is 6.94. The molecule has 2 heterocycles. The number of nitrogen functional groups attached to an aromatic ring is 2. The summed E-state index contributed by atoms with van der Waals surface area (Å²) in [7, 11) is 0. The van der Waals surface area contributed by atoms with E-state index < -0.39 is 11.7 Å². The summed E-state index contributed by atoms with van der Waals surface area (Å²) in [6, 6.07) is 3.21. The average Bonchev–Trinajstić information content (AvgIpc) is 3.05. The monoisotopic (exact) mass is 673 g/mol. The van der Waals surface area contributed by atoms with Crippen molar-refractivity contribution in [3.63, 3.8) is 0 Å². The van der Waals surface area contributed by atoms with Gasteiger partial charge in [0.05, 0.1) is 83.6 Å². The number of fused-ring (bicyclic) bond motifs is 1. The van der Waals surface area contributed by atoms with Crippen LogP contribution in [-0.2, 0) is 38.1 Å². The molecule has 2 aromatic heterocycles. The topological polar surface area (TPSA) is 225 Å². The highest BCUT2D eigenvalue weighted by Crippen LogP contribution is 2.36. The summed E-state index contributed by atoms with van der Waals surface area (Å²) in [6.07, 6.45) is 4.75. The maximum Gasteiger partial charge on any atom is 0.227 e. The van der Waals surface area contributed by atoms with Crippen molar-refractivity contribution in [3.8, 4) is 11.1 Å². The van der Waals surface area contributed by atoms with Crippen LogP contribution in [0.2, 0.25) is 0 Å². The van der Waals surface area contributed by atoms with E-state index in [1.807, 2.05) is 0 Å². The van der Waals surface area contributed by atoms with Gasteiger partial charge in [-0.2, -0.15) is 0 Å². The number of hydrogen-bond acceptors (Lipinski definition) is 12. The van der Waals surface area contributed by atoms with Crippen molar-refractivity contribution in [2.24, 2.45) is 5.73 Å². The van der Waals surface area contributed by atoms with Gasteiger partial charge in [-0.3, -0.25) is 19.4 Å². The number of nitrogens with two attached hydrogens (primary N) is 3. The first-order chi connectivity index (χ1) is 23.2. The zero-order valence-corrected chi connectivity index (χ0v) is 27.1. The Labute approximate surface area is 278 Å². The van der Waals surface area contributed by atoms with Crippen LogP contribution >= 0.6 is 0 Å². The first kappa shape index (κ1) is 38.0. The molecule has 0 bridgehead atoms. The highest BCUT2D eigenvalue weighted by atomic mass is 19.1. The SMILES string of the molecule is Cc1c(N)cncc1-c1cc2cc(NC(=O)CCNC(=O)CCOCCOCCOCCOCCOCCC(N)=O)ncc2c(N)c1F. The molecule has 0 saturated carbocycles. The normalized spacial score (nSPS) is 11.1. The summed E-state index contributed by atoms with van der Waals surface area (Å²) < 4.78 is 41.9. The number of carbonyl (C=O) groups is 3. The molecule has 262 valence electrons. The third-order valence-electron chi connectivity index (χ3n) is 6.94. The molecule has 0 radical (unpaired) electrons. The Balaban J connectivity index is 1.23. The lowest BCUT2D eigenvalue weighted by Gasteiger charge is -2.13. The van der Waals surface area contributed by atoms with E-state index in [1.54, 1.807) is 19.1 Å². The molecule has 0 spiro atoms. The Morgan fingerprint density at radius 2 is 1.33 bits per heavy atom. The minimum absolute atomic E-state index is 0.0200. The summed E-state index contributed by atoms with van der Waals surface area (Å²) in [4.78, 5) is 43.4. The number of pyridine rings is 2. The van der Waals surface area contributed by atoms with Gasteiger partial charge in [-0.15, -0.1) is 0 Å². The minimum Gasteiger partial charge on any atom is -0.397 e. The predicted octanol–water partition coefficient (Wildman–Crippen LogP) is 1.70. The first-order valence-electron chi connectivity index (χ1n) is 15.5. The van der Waals surface area contributed by atoms with E-state index in [1.165, 1.54) is 18.6 Å². The van der Waals surface area contributed by atoms with E-state index in [2.05, 4.69) is 20.6 Å². The average molecular weight is 674 g/mol. The number of nitrogens with one attached hydrogen (secondary N) is 2. The number of amides is 3. The Hall–Kier alpha value is -4.48. The van der Waals surface area contributed by atoms with Crippen LogP contribution in [0.3, 0.4) is 0 Å². The van der Waals surface area contributed by atoms with Crippen LogP contribution in [0, 0.1) is 12.7 Å². The van der Waals surface area contributed by atoms with Crippen molar-refractivity contribution in [1.29, 1.82) is 0 Å². The molecule has 0 aliphatic heterocycles. The molecular weight excluding hydrogens is 629 g/mol. The van der Waals surface area contributed by atoms with Gasteiger partial charge in [0.15, 0.2) is 5.82 Å². The second kappa shape index (κ2) is 20.7. The van der Waals surface area contributed by atoms with Crippen molar-refractivity contribution in [2.45, 2.75) is 26.2 Å². The van der Waals surface area contributed by atoms with E-state index >= 15 is 4.39 Å². The molecular formula is C32H44FN7O8. The smallest absolute Gasteiger partial charge is 0.227 e. The van der Waals surface area contributed by atoms with Crippen LogP contribution in [0.25, 0.3) is 21.9 Å². The van der Waals surface area contributed by atoms with Crippen molar-refractivity contribution < 1.29 is 42.5 Å². The molecule has 3 aromatic rings. The molecule has 0 aliphatic carbocycles. The van der Waals surface area contributed by atoms with Crippen LogP contribution in [0.1, 0.15) is 24.8 Å². The number of rotatable bonds is 23. The lowest BCUT2D eigenvalue weighted by atomic mass is 9.97. The van der Waals surface area contributed by atoms with Gasteiger partial charge in [-0.1, -0.05) is 0 Å². The Morgan fingerprint density at radius 3 is 1.94 bits per heavy atom. The lowest BCUT2D eigenvalue weighted by Crippen LogP contribution is -2.28. The van der Waals surface area contributed by atoms with Gasteiger partial charge in [-0.25, -0.2) is 9.37 Å². The fraction of sp³-hybridized carbons (Fsp3) is 0.469. The standard InChI is InChI=1S/C32H44FN7O8/c1-21-24(18-37-20-26(21)34)23-16-22-17-28(39-19-25(22)32(36)31(23)33)40-30(43)2-5-38-29(42)4-7-45-9-11-47-13-15-48-14-12-46-10-8-44-6-3-27(35)41/h16-20H,2-15,34,36H2,1H3,(H2,35,41)(H,38,42)(H,39,40,43). The van der Waals surface area contributed by atoms with Gasteiger partial charge in [0.2, 0.25) is 17.7 Å². The Morgan fingerprint density at radius 1 is 0.750 bits per heavy atom. The fourth-order valence-corrected chi connectivity index (χ4v) is 4.30. The van der Waals surface area contributed by atoms with Crippen LogP contribution in [0.4, 0.5) is 21.6 Å². The molecule has 3 rings (SSSR count). The fourth-order valence-electron chi connectivity index (χ4n) is 4.30. The number of hydrogen-bond donors (Lipinski definition) is 5. The molecule has 0 fully saturated rings. The molecule has 0 aliphatic rings. The van der Waals surface area contributed by atoms with Gasteiger partial charge in [-0.05, 0) is 30.0 Å². The second-order valence-corrected chi connectivity index (χ2v) is 10.5. The first-order valence-corrected chi connectivity index (χ1v) is 15.5. The number of nitrogens with zero attached hydrogens (tertiary/aromatic N) is 2. The van der Waals surface area contributed by atoms with Crippen LogP contribution in [0.5, 0.6) is 0 Å². The van der Waals surface area contributed by atoms with Crippen LogP contribution in [-0.4, -0.2) is 100 Å². The van der Waals surface area contributed by atoms with E-state index in [4.69, 9.17) is 40.9 Å². The zero-order valence-electron chi connectivity index (χ0n) is 27.1. The lowest BCUT2D eigenvalue weighted by molar-refractivity contribution is -0.122. The van der Waals surface area contributed by atoms with Gasteiger partial charge >= 0.3 is 0 Å². The van der Waals surface area contributed by atoms with Gasteiger partial charge in [0, 0.05) is 54.7 Å². The van der Waals surface area contributed by atoms with E-state index in [0.29, 0.717) is 80.4 Å². The van der Waals surface area contributed by atoms with E-state index in [-0.39, 0.29) is 67.9 Å². The van der Waals surface area contributed by atoms with E-state index in [0.717, 1.165) is 0 Å². The molecule has 16 heteroatoms. The van der Waals surface area contributed by atoms with Crippen molar-refractivity contribution in [3.05, 3.63) is 42.1 Å². The van der Waals surface area contributed by atoms with Crippen LogP contribution in [0.15, 0.2) is 30.7 Å². The molecule has 48 heavy (non-hydrogen) atoms. The molecule has 1 aromatic carbocycles. The van der Waals surface area contributed by atoms with Gasteiger partial charge < -0.3 is 51.5 Å². The van der Waals surface area contributed by atoms with Gasteiger partial charge in [0.25, 0.3) is 0 Å². The number of ether oxygens (including phenoxy) is 5. The number of anilines is 3. The van der Waals surface area contributed by atoms with Crippen LogP contribution < -0.4 is 27.8 Å². The number of benzene rings is 1. The second-order valence-electron chi connectivity index (χ2n) is 10.5. The zero-order chi connectivity index (χ0) is 34.7. The summed E-state index contributed by atoms with van der Waals surface area (Å²) >= 11 is 0. The molecule has 15 nitrogen and oxygen atoms in total. The number of primary amides is 1. The Bertz CT molecular complexity index is 1510. The largest absolute Gasteiger partial charge is 0.397 e. The molecule has 3 amide bonds. The summed E-state index contributed by atoms with van der Waals surface area (Å²) in [5, 5.41) is 6.34. The van der Waals surface area contributed by atoms with Crippen molar-refractivity contribution in [2.75, 3.05) is 89.4 Å². The molecule has 0 saturated heterocycles. The van der Waals surface area contributed by atoms with Crippen molar-refractivity contribution >= 4 is 45.7 Å². The minimum atomic E-state index is -0.606. The Kier molecular flexibility index (Phi) is 16.4. The molecule has 0 atom stereocenters. The maximum atomic E-state index is 15.1. The van der Waals surface area contributed by atoms with Gasteiger partial charge in [0.1, 0.15) is 5.82 Å².